The van der Waals surface area contributed by atoms with Crippen LogP contribution in [-0.2, 0) is 11.3 Å². The van der Waals surface area contributed by atoms with E-state index >= 15 is 0 Å². The van der Waals surface area contributed by atoms with Crippen molar-refractivity contribution in [2.24, 2.45) is 0 Å². The second-order valence-electron chi connectivity index (χ2n) is 7.62. The van der Waals surface area contributed by atoms with Gasteiger partial charge in [0, 0.05) is 56.9 Å². The molecule has 0 bridgehead atoms. The maximum Gasteiger partial charge on any atom is 0.254 e. The van der Waals surface area contributed by atoms with Crippen molar-refractivity contribution < 1.29 is 14.3 Å². The smallest absolute Gasteiger partial charge is 0.254 e. The monoisotopic (exact) mass is 393 g/mol. The molecule has 6 heteroatoms. The van der Waals surface area contributed by atoms with Crippen molar-refractivity contribution >= 4 is 17.5 Å². The quantitative estimate of drug-likeness (QED) is 0.784. The van der Waals surface area contributed by atoms with Gasteiger partial charge in [-0.3, -0.25) is 14.5 Å². The average Bonchev–Trinajstić information content (AvgIpc) is 3.20. The first kappa shape index (κ1) is 19.5. The maximum atomic E-state index is 13.0. The second kappa shape index (κ2) is 8.66. The molecule has 0 aromatic heterocycles. The molecule has 2 aromatic rings. The van der Waals surface area contributed by atoms with Gasteiger partial charge in [-0.25, -0.2) is 0 Å². The van der Waals surface area contributed by atoms with E-state index in [0.29, 0.717) is 25.1 Å². The van der Waals surface area contributed by atoms with Crippen molar-refractivity contribution in [2.45, 2.75) is 19.4 Å². The van der Waals surface area contributed by atoms with Gasteiger partial charge >= 0.3 is 0 Å². The van der Waals surface area contributed by atoms with Crippen molar-refractivity contribution in [3.05, 3.63) is 59.7 Å². The highest BCUT2D eigenvalue weighted by Crippen LogP contribution is 2.23. The summed E-state index contributed by atoms with van der Waals surface area (Å²) in [6.45, 7) is 4.73. The van der Waals surface area contributed by atoms with Crippen LogP contribution in [0.1, 0.15) is 28.8 Å². The van der Waals surface area contributed by atoms with Crippen LogP contribution in [0.4, 0.5) is 5.69 Å². The predicted molar refractivity (Wildman–Crippen MR) is 112 cm³/mol. The standard InChI is InChI=1S/C23H27N3O3/c1-29-21-9-7-18(8-10-21)17-24-12-14-25(15-13-24)23(28)19-4-2-5-20(16-19)26-11-3-6-22(26)27/h2,4-5,7-10,16H,3,6,11-15,17H2,1H3. The van der Waals surface area contributed by atoms with E-state index in [1.54, 1.807) is 12.0 Å². The largest absolute Gasteiger partial charge is 0.497 e. The minimum atomic E-state index is 0.0441. The molecule has 2 aliphatic heterocycles. The van der Waals surface area contributed by atoms with Crippen LogP contribution in [0.15, 0.2) is 48.5 Å². The van der Waals surface area contributed by atoms with Crippen molar-refractivity contribution in [2.75, 3.05) is 44.7 Å². The van der Waals surface area contributed by atoms with Gasteiger partial charge in [-0.05, 0) is 42.3 Å². The van der Waals surface area contributed by atoms with E-state index in [1.165, 1.54) is 5.56 Å². The zero-order valence-electron chi connectivity index (χ0n) is 16.8. The van der Waals surface area contributed by atoms with Crippen molar-refractivity contribution in [3.63, 3.8) is 0 Å². The van der Waals surface area contributed by atoms with Crippen LogP contribution in [0.3, 0.4) is 0 Å². The molecule has 0 aliphatic carbocycles. The van der Waals surface area contributed by atoms with E-state index in [9.17, 15) is 9.59 Å². The molecule has 2 saturated heterocycles. The Morgan fingerprint density at radius 2 is 1.76 bits per heavy atom. The zero-order chi connectivity index (χ0) is 20.2. The lowest BCUT2D eigenvalue weighted by molar-refractivity contribution is -0.117. The fourth-order valence-corrected chi connectivity index (χ4v) is 4.01. The van der Waals surface area contributed by atoms with Crippen LogP contribution in [-0.4, -0.2) is 61.4 Å². The SMILES string of the molecule is COc1ccc(CN2CCN(C(=O)c3cccc(N4CCCC4=O)c3)CC2)cc1. The number of hydrogen-bond donors (Lipinski definition) is 0. The van der Waals surface area contributed by atoms with Gasteiger partial charge in [0.25, 0.3) is 5.91 Å². The number of benzene rings is 2. The van der Waals surface area contributed by atoms with Gasteiger partial charge in [-0.15, -0.1) is 0 Å². The van der Waals surface area contributed by atoms with E-state index in [1.807, 2.05) is 41.3 Å². The Morgan fingerprint density at radius 3 is 2.41 bits per heavy atom. The molecular formula is C23H27N3O3. The van der Waals surface area contributed by atoms with Gasteiger partial charge in [0.15, 0.2) is 0 Å². The Hall–Kier alpha value is -2.86. The number of hydrogen-bond acceptors (Lipinski definition) is 4. The highest BCUT2D eigenvalue weighted by Gasteiger charge is 2.25. The third-order valence-corrected chi connectivity index (χ3v) is 5.70. The molecule has 2 aliphatic rings. The number of rotatable bonds is 5. The zero-order valence-corrected chi connectivity index (χ0v) is 16.8. The van der Waals surface area contributed by atoms with Crippen LogP contribution < -0.4 is 9.64 Å². The molecule has 2 heterocycles. The van der Waals surface area contributed by atoms with Gasteiger partial charge in [-0.2, -0.15) is 0 Å². The molecule has 4 rings (SSSR count). The first-order valence-electron chi connectivity index (χ1n) is 10.2. The molecule has 2 fully saturated rings. The van der Waals surface area contributed by atoms with Crippen molar-refractivity contribution in [1.82, 2.24) is 9.80 Å². The lowest BCUT2D eigenvalue weighted by atomic mass is 10.1. The Bertz CT molecular complexity index is 873. The van der Waals surface area contributed by atoms with Crippen molar-refractivity contribution in [1.29, 1.82) is 0 Å². The second-order valence-corrected chi connectivity index (χ2v) is 7.62. The number of methoxy groups -OCH3 is 1. The molecule has 2 amide bonds. The van der Waals surface area contributed by atoms with Crippen LogP contribution in [0.5, 0.6) is 5.75 Å². The van der Waals surface area contributed by atoms with Gasteiger partial charge in [-0.1, -0.05) is 18.2 Å². The Morgan fingerprint density at radius 1 is 1.00 bits per heavy atom. The number of carbonyl (C=O) groups excluding carboxylic acids is 2. The van der Waals surface area contributed by atoms with Gasteiger partial charge in [0.1, 0.15) is 5.75 Å². The normalized spacial score (nSPS) is 17.6. The number of nitrogens with zero attached hydrogens (tertiary/aromatic N) is 3. The van der Waals surface area contributed by atoms with Crippen LogP contribution in [0.25, 0.3) is 0 Å². The number of piperazine rings is 1. The number of amides is 2. The van der Waals surface area contributed by atoms with E-state index < -0.39 is 0 Å². The van der Waals surface area contributed by atoms with Gasteiger partial charge in [0.05, 0.1) is 7.11 Å². The summed E-state index contributed by atoms with van der Waals surface area (Å²) < 4.78 is 5.21. The summed E-state index contributed by atoms with van der Waals surface area (Å²) in [5.74, 6) is 1.05. The third kappa shape index (κ3) is 4.43. The molecule has 152 valence electrons. The molecule has 0 spiro atoms. The number of carbonyl (C=O) groups is 2. The highest BCUT2D eigenvalue weighted by atomic mass is 16.5. The van der Waals surface area contributed by atoms with Crippen LogP contribution >= 0.6 is 0 Å². The molecule has 2 aromatic carbocycles. The summed E-state index contributed by atoms with van der Waals surface area (Å²) in [5, 5.41) is 0. The van der Waals surface area contributed by atoms with Gasteiger partial charge in [0.2, 0.25) is 5.91 Å². The molecule has 0 N–H and O–H groups in total. The predicted octanol–water partition coefficient (Wildman–Crippen LogP) is 2.78. The van der Waals surface area contributed by atoms with E-state index in [0.717, 1.165) is 44.0 Å². The summed E-state index contributed by atoms with van der Waals surface area (Å²) in [7, 11) is 1.67. The fraction of sp³-hybridized carbons (Fsp3) is 0.391. The summed E-state index contributed by atoms with van der Waals surface area (Å²) in [4.78, 5) is 31.0. The fourth-order valence-electron chi connectivity index (χ4n) is 4.01. The molecular weight excluding hydrogens is 366 g/mol. The Kier molecular flexibility index (Phi) is 5.81. The number of anilines is 1. The summed E-state index contributed by atoms with van der Waals surface area (Å²) in [6, 6.07) is 15.6. The topological polar surface area (TPSA) is 53.1 Å². The molecule has 0 atom stereocenters. The average molecular weight is 393 g/mol. The lowest BCUT2D eigenvalue weighted by Gasteiger charge is -2.35. The first-order valence-corrected chi connectivity index (χ1v) is 10.2. The van der Waals surface area contributed by atoms with Gasteiger partial charge < -0.3 is 14.5 Å². The van der Waals surface area contributed by atoms with E-state index in [2.05, 4.69) is 17.0 Å². The maximum absolute atomic E-state index is 13.0. The van der Waals surface area contributed by atoms with E-state index in [4.69, 9.17) is 4.74 Å². The summed E-state index contributed by atoms with van der Waals surface area (Å²) in [6.07, 6.45) is 1.47. The highest BCUT2D eigenvalue weighted by molar-refractivity contribution is 5.99. The van der Waals surface area contributed by atoms with Crippen LogP contribution in [0.2, 0.25) is 0 Å². The Labute approximate surface area is 171 Å². The minimum absolute atomic E-state index is 0.0441. The first-order chi connectivity index (χ1) is 14.1. The molecule has 0 saturated carbocycles. The Balaban J connectivity index is 1.34. The molecule has 0 unspecified atom stereocenters. The third-order valence-electron chi connectivity index (χ3n) is 5.70. The van der Waals surface area contributed by atoms with Crippen molar-refractivity contribution in [3.8, 4) is 5.75 Å². The summed E-state index contributed by atoms with van der Waals surface area (Å²) in [5.41, 5.74) is 2.73. The number of ether oxygens (including phenoxy) is 1. The van der Waals surface area contributed by atoms with E-state index in [-0.39, 0.29) is 11.8 Å². The molecule has 29 heavy (non-hydrogen) atoms. The summed E-state index contributed by atoms with van der Waals surface area (Å²) >= 11 is 0. The molecule has 6 nitrogen and oxygen atoms in total. The lowest BCUT2D eigenvalue weighted by Crippen LogP contribution is -2.48. The minimum Gasteiger partial charge on any atom is -0.497 e. The molecule has 0 radical (unpaired) electrons. The van der Waals surface area contributed by atoms with Crippen LogP contribution in [0, 0.1) is 0 Å².